The predicted molar refractivity (Wildman–Crippen MR) is 121 cm³/mol. The Hall–Kier alpha value is -2.62. The minimum absolute atomic E-state index is 0.119. The molecule has 0 saturated heterocycles. The standard InChI is InChI=1S/C26H32N2O2/c1-16(17-6-10-19(11-7-17)27-23(29)21-14-25(21,2)3)18-8-12-20(13-9-18)28-24(30)22-15-26(22,4)5/h6-13,16,21-22H,14-15H2,1-5H3,(H,27,29)(H,28,30). The van der Waals surface area contributed by atoms with Gasteiger partial charge in [0.25, 0.3) is 0 Å². The molecule has 4 nitrogen and oxygen atoms in total. The molecule has 158 valence electrons. The Morgan fingerprint density at radius 3 is 1.30 bits per heavy atom. The van der Waals surface area contributed by atoms with Crippen LogP contribution in [-0.2, 0) is 9.59 Å². The fourth-order valence-corrected chi connectivity index (χ4v) is 4.19. The highest BCUT2D eigenvalue weighted by molar-refractivity contribution is 5.95. The van der Waals surface area contributed by atoms with Gasteiger partial charge in [0.1, 0.15) is 0 Å². The van der Waals surface area contributed by atoms with Crippen LogP contribution in [0.1, 0.15) is 64.5 Å². The van der Waals surface area contributed by atoms with E-state index in [-0.39, 0.29) is 40.4 Å². The first-order valence-electron chi connectivity index (χ1n) is 10.9. The summed E-state index contributed by atoms with van der Waals surface area (Å²) in [5.74, 6) is 0.715. The largest absolute Gasteiger partial charge is 0.326 e. The number of carbonyl (C=O) groups excluding carboxylic acids is 2. The maximum Gasteiger partial charge on any atom is 0.228 e. The summed E-state index contributed by atoms with van der Waals surface area (Å²) in [4.78, 5) is 24.6. The molecule has 0 bridgehead atoms. The molecule has 2 aliphatic rings. The van der Waals surface area contributed by atoms with Gasteiger partial charge in [0.05, 0.1) is 0 Å². The lowest BCUT2D eigenvalue weighted by atomic mass is 9.93. The monoisotopic (exact) mass is 404 g/mol. The van der Waals surface area contributed by atoms with Crippen LogP contribution in [0.15, 0.2) is 48.5 Å². The van der Waals surface area contributed by atoms with E-state index in [0.717, 1.165) is 24.2 Å². The maximum atomic E-state index is 12.3. The molecule has 2 aromatic rings. The molecule has 4 heteroatoms. The second kappa shape index (κ2) is 7.26. The molecule has 2 aromatic carbocycles. The van der Waals surface area contributed by atoms with Crippen LogP contribution >= 0.6 is 0 Å². The number of carbonyl (C=O) groups is 2. The van der Waals surface area contributed by atoms with Crippen LogP contribution in [0.4, 0.5) is 11.4 Å². The van der Waals surface area contributed by atoms with E-state index < -0.39 is 0 Å². The van der Waals surface area contributed by atoms with Crippen molar-refractivity contribution in [2.24, 2.45) is 22.7 Å². The third-order valence-corrected chi connectivity index (χ3v) is 7.02. The Bertz CT molecular complexity index is 878. The normalized spacial score (nSPS) is 23.9. The van der Waals surface area contributed by atoms with Gasteiger partial charge in [0, 0.05) is 29.1 Å². The van der Waals surface area contributed by atoms with Crippen molar-refractivity contribution in [2.45, 2.75) is 53.4 Å². The van der Waals surface area contributed by atoms with Gasteiger partial charge in [-0.15, -0.1) is 0 Å². The second-order valence-corrected chi connectivity index (χ2v) is 10.4. The molecule has 0 spiro atoms. The van der Waals surface area contributed by atoms with E-state index in [0.29, 0.717) is 0 Å². The van der Waals surface area contributed by atoms with Gasteiger partial charge in [0.15, 0.2) is 0 Å². The maximum absolute atomic E-state index is 12.3. The lowest BCUT2D eigenvalue weighted by Gasteiger charge is -2.15. The molecule has 0 heterocycles. The SMILES string of the molecule is CC(c1ccc(NC(=O)C2CC2(C)C)cc1)c1ccc(NC(=O)C2CC2(C)C)cc1. The number of hydrogen-bond donors (Lipinski definition) is 2. The molecule has 2 saturated carbocycles. The van der Waals surface area contributed by atoms with Crippen LogP contribution in [-0.4, -0.2) is 11.8 Å². The van der Waals surface area contributed by atoms with Crippen molar-refractivity contribution in [3.8, 4) is 0 Å². The quantitative estimate of drug-likeness (QED) is 0.638. The third kappa shape index (κ3) is 4.28. The molecule has 0 radical (unpaired) electrons. The Morgan fingerprint density at radius 1 is 0.733 bits per heavy atom. The summed E-state index contributed by atoms with van der Waals surface area (Å²) < 4.78 is 0. The van der Waals surface area contributed by atoms with Gasteiger partial charge in [-0.25, -0.2) is 0 Å². The molecular weight excluding hydrogens is 372 g/mol. The average molecular weight is 405 g/mol. The topological polar surface area (TPSA) is 58.2 Å². The third-order valence-electron chi connectivity index (χ3n) is 7.02. The van der Waals surface area contributed by atoms with E-state index in [4.69, 9.17) is 0 Å². The molecule has 2 N–H and O–H groups in total. The first-order chi connectivity index (χ1) is 14.1. The number of nitrogens with one attached hydrogen (secondary N) is 2. The van der Waals surface area contributed by atoms with Crippen molar-refractivity contribution >= 4 is 23.2 Å². The van der Waals surface area contributed by atoms with Gasteiger partial charge < -0.3 is 10.6 Å². The van der Waals surface area contributed by atoms with E-state index in [1.165, 1.54) is 11.1 Å². The van der Waals surface area contributed by atoms with E-state index in [9.17, 15) is 9.59 Å². The fourth-order valence-electron chi connectivity index (χ4n) is 4.19. The van der Waals surface area contributed by atoms with Crippen molar-refractivity contribution < 1.29 is 9.59 Å². The summed E-state index contributed by atoms with van der Waals surface area (Å²) in [5, 5.41) is 6.06. The van der Waals surface area contributed by atoms with Gasteiger partial charge in [-0.3, -0.25) is 9.59 Å². The Labute approximate surface area is 179 Å². The zero-order valence-electron chi connectivity index (χ0n) is 18.6. The van der Waals surface area contributed by atoms with Gasteiger partial charge in [0.2, 0.25) is 11.8 Å². The van der Waals surface area contributed by atoms with E-state index in [2.05, 4.69) is 69.5 Å². The highest BCUT2D eigenvalue weighted by Gasteiger charge is 2.51. The van der Waals surface area contributed by atoms with Crippen LogP contribution < -0.4 is 10.6 Å². The Kier molecular flexibility index (Phi) is 5.00. The van der Waals surface area contributed by atoms with E-state index >= 15 is 0 Å². The summed E-state index contributed by atoms with van der Waals surface area (Å²) in [6.45, 7) is 10.7. The van der Waals surface area contributed by atoms with Crippen molar-refractivity contribution in [2.75, 3.05) is 10.6 Å². The van der Waals surface area contributed by atoms with Gasteiger partial charge in [-0.1, -0.05) is 58.9 Å². The van der Waals surface area contributed by atoms with Crippen molar-refractivity contribution in [1.29, 1.82) is 0 Å². The minimum Gasteiger partial charge on any atom is -0.326 e. The molecule has 4 rings (SSSR count). The van der Waals surface area contributed by atoms with Crippen LogP contribution in [0, 0.1) is 22.7 Å². The zero-order chi connectivity index (χ0) is 21.7. The number of hydrogen-bond acceptors (Lipinski definition) is 2. The van der Waals surface area contributed by atoms with Crippen LogP contribution in [0.5, 0.6) is 0 Å². The molecule has 2 unspecified atom stereocenters. The summed E-state index contributed by atoms with van der Waals surface area (Å²) in [5.41, 5.74) is 4.35. The first-order valence-corrected chi connectivity index (χ1v) is 10.9. The Morgan fingerprint density at radius 2 is 1.03 bits per heavy atom. The molecule has 0 aliphatic heterocycles. The van der Waals surface area contributed by atoms with Crippen molar-refractivity contribution in [3.63, 3.8) is 0 Å². The molecule has 0 aromatic heterocycles. The van der Waals surface area contributed by atoms with Crippen LogP contribution in [0.3, 0.4) is 0 Å². The van der Waals surface area contributed by atoms with E-state index in [1.807, 2.05) is 24.3 Å². The van der Waals surface area contributed by atoms with Crippen molar-refractivity contribution in [3.05, 3.63) is 59.7 Å². The fraction of sp³-hybridized carbons (Fsp3) is 0.462. The van der Waals surface area contributed by atoms with Gasteiger partial charge >= 0.3 is 0 Å². The molecular formula is C26H32N2O2. The van der Waals surface area contributed by atoms with Crippen LogP contribution in [0.2, 0.25) is 0 Å². The molecule has 2 atom stereocenters. The van der Waals surface area contributed by atoms with Gasteiger partial charge in [-0.05, 0) is 59.1 Å². The lowest BCUT2D eigenvalue weighted by molar-refractivity contribution is -0.118. The van der Waals surface area contributed by atoms with Crippen molar-refractivity contribution in [1.82, 2.24) is 0 Å². The molecule has 2 fully saturated rings. The number of rotatable bonds is 6. The molecule has 2 amide bonds. The van der Waals surface area contributed by atoms with Gasteiger partial charge in [-0.2, -0.15) is 0 Å². The number of benzene rings is 2. The molecule has 2 aliphatic carbocycles. The average Bonchev–Trinajstić information content (AvgIpc) is 3.55. The highest BCUT2D eigenvalue weighted by atomic mass is 16.2. The Balaban J connectivity index is 1.35. The predicted octanol–water partition coefficient (Wildman–Crippen LogP) is 5.81. The van der Waals surface area contributed by atoms with Crippen LogP contribution in [0.25, 0.3) is 0 Å². The molecule has 30 heavy (non-hydrogen) atoms. The summed E-state index contributed by atoms with van der Waals surface area (Å²) in [6.07, 6.45) is 1.92. The smallest absolute Gasteiger partial charge is 0.228 e. The summed E-state index contributed by atoms with van der Waals surface area (Å²) >= 11 is 0. The zero-order valence-corrected chi connectivity index (χ0v) is 18.6. The minimum atomic E-state index is 0.119. The highest BCUT2D eigenvalue weighted by Crippen LogP contribution is 2.52. The first kappa shape index (κ1) is 20.6. The number of amides is 2. The van der Waals surface area contributed by atoms with E-state index in [1.54, 1.807) is 0 Å². The lowest BCUT2D eigenvalue weighted by Crippen LogP contribution is -2.16. The summed E-state index contributed by atoms with van der Waals surface area (Å²) in [6, 6.07) is 16.2. The number of anilines is 2. The summed E-state index contributed by atoms with van der Waals surface area (Å²) in [7, 11) is 0. The second-order valence-electron chi connectivity index (χ2n) is 10.4.